The number of hydrogen-bond donors (Lipinski definition) is 2. The Morgan fingerprint density at radius 3 is 2.77 bits per heavy atom. The van der Waals surface area contributed by atoms with E-state index in [1.807, 2.05) is 6.07 Å². The number of ether oxygens (including phenoxy) is 1. The van der Waals surface area contributed by atoms with Crippen LogP contribution in [0.3, 0.4) is 0 Å². The standard InChI is InChI=1S/C14H19N3O3S.ClH/c15-14-13-11(9-21(18,19)17-14)2-1-3-12(13)20-8-10-4-6-16-7-5-10;/h1-3,10,16H,4-9H2,(H2,15,17);1H. The summed E-state index contributed by atoms with van der Waals surface area (Å²) in [4.78, 5) is 0. The highest BCUT2D eigenvalue weighted by molar-refractivity contribution is 7.89. The Balaban J connectivity index is 0.00000176. The van der Waals surface area contributed by atoms with Crippen molar-refractivity contribution >= 4 is 15.9 Å². The van der Waals surface area contributed by atoms with Crippen molar-refractivity contribution in [3.8, 4) is 5.75 Å². The van der Waals surface area contributed by atoms with Crippen LogP contribution in [0.1, 0.15) is 24.0 Å². The predicted molar refractivity (Wildman–Crippen MR) is 79.7 cm³/mol. The lowest BCUT2D eigenvalue weighted by Gasteiger charge is -2.22. The molecule has 22 heavy (non-hydrogen) atoms. The van der Waals surface area contributed by atoms with Gasteiger partial charge in [0.2, 0.25) is 0 Å². The third-order valence-corrected chi connectivity index (χ3v) is 5.13. The van der Waals surface area contributed by atoms with Gasteiger partial charge in [-0.05, 0) is 11.6 Å². The average Bonchev–Trinajstić information content (AvgIpc) is 2.44. The van der Waals surface area contributed by atoms with E-state index in [0.29, 0.717) is 29.4 Å². The van der Waals surface area contributed by atoms with E-state index in [1.165, 1.54) is 0 Å². The first-order valence-corrected chi connectivity index (χ1v) is 8.81. The molecular weight excluding hydrogens is 326 g/mol. The molecule has 122 valence electrons. The summed E-state index contributed by atoms with van der Waals surface area (Å²) >= 11 is 0. The van der Waals surface area contributed by atoms with E-state index in [9.17, 15) is 8.42 Å². The van der Waals surface area contributed by atoms with Gasteiger partial charge in [0.15, 0.2) is 0 Å². The number of amidine groups is 1. The lowest BCUT2D eigenvalue weighted by Crippen LogP contribution is -3.00. The zero-order chi connectivity index (χ0) is 14.9. The van der Waals surface area contributed by atoms with Crippen molar-refractivity contribution in [3.05, 3.63) is 29.3 Å². The Morgan fingerprint density at radius 1 is 1.32 bits per heavy atom. The topological polar surface area (TPSA) is 98.4 Å². The summed E-state index contributed by atoms with van der Waals surface area (Å²) in [6.45, 7) is 2.93. The summed E-state index contributed by atoms with van der Waals surface area (Å²) in [6, 6.07) is 5.39. The highest BCUT2D eigenvalue weighted by Crippen LogP contribution is 2.28. The Bertz CT molecular complexity index is 670. The van der Waals surface area contributed by atoms with Gasteiger partial charge in [-0.1, -0.05) is 12.1 Å². The van der Waals surface area contributed by atoms with Crippen LogP contribution in [-0.4, -0.2) is 33.9 Å². The van der Waals surface area contributed by atoms with Gasteiger partial charge in [0.1, 0.15) is 11.6 Å². The summed E-state index contributed by atoms with van der Waals surface area (Å²) in [6.07, 6.45) is 2.29. The smallest absolute Gasteiger partial charge is 0.259 e. The molecule has 0 aromatic heterocycles. The summed E-state index contributed by atoms with van der Waals surface area (Å²) in [5, 5.41) is 2.32. The van der Waals surface area contributed by atoms with Crippen molar-refractivity contribution in [1.82, 2.24) is 0 Å². The highest BCUT2D eigenvalue weighted by atomic mass is 35.5. The lowest BCUT2D eigenvalue weighted by molar-refractivity contribution is -0.664. The summed E-state index contributed by atoms with van der Waals surface area (Å²) in [5.41, 5.74) is 7.12. The fourth-order valence-electron chi connectivity index (χ4n) is 2.90. The van der Waals surface area contributed by atoms with Crippen molar-refractivity contribution < 1.29 is 30.9 Å². The van der Waals surface area contributed by atoms with Crippen molar-refractivity contribution in [2.24, 2.45) is 16.0 Å². The molecule has 1 saturated heterocycles. The van der Waals surface area contributed by atoms with Gasteiger partial charge in [0.25, 0.3) is 10.0 Å². The fourth-order valence-corrected chi connectivity index (χ4v) is 3.99. The van der Waals surface area contributed by atoms with E-state index in [0.717, 1.165) is 25.9 Å². The number of hydrogen-bond acceptors (Lipinski definition) is 4. The number of nitrogens with zero attached hydrogens (tertiary/aromatic N) is 1. The van der Waals surface area contributed by atoms with E-state index in [2.05, 4.69) is 9.71 Å². The van der Waals surface area contributed by atoms with Gasteiger partial charge in [-0.3, -0.25) is 0 Å². The predicted octanol–water partition coefficient (Wildman–Crippen LogP) is -3.41. The number of sulfonamides is 1. The van der Waals surface area contributed by atoms with Crippen LogP contribution in [0.25, 0.3) is 0 Å². The Morgan fingerprint density at radius 2 is 2.05 bits per heavy atom. The molecule has 8 heteroatoms. The molecule has 0 radical (unpaired) electrons. The minimum absolute atomic E-state index is 0. The summed E-state index contributed by atoms with van der Waals surface area (Å²) in [5.74, 6) is 1.11. The maximum atomic E-state index is 11.6. The van der Waals surface area contributed by atoms with Crippen molar-refractivity contribution in [3.63, 3.8) is 0 Å². The van der Waals surface area contributed by atoms with Gasteiger partial charge in [-0.15, -0.1) is 4.40 Å². The molecule has 4 N–H and O–H groups in total. The van der Waals surface area contributed by atoms with Gasteiger partial charge in [0, 0.05) is 18.8 Å². The summed E-state index contributed by atoms with van der Waals surface area (Å²) < 4.78 is 32.8. The zero-order valence-corrected chi connectivity index (χ0v) is 13.7. The number of piperidine rings is 1. The van der Waals surface area contributed by atoms with Crippen molar-refractivity contribution in [2.45, 2.75) is 18.6 Å². The molecule has 0 aliphatic carbocycles. The van der Waals surface area contributed by atoms with E-state index in [4.69, 9.17) is 10.5 Å². The zero-order valence-electron chi connectivity index (χ0n) is 12.2. The van der Waals surface area contributed by atoms with E-state index < -0.39 is 10.0 Å². The number of quaternary nitrogens is 1. The van der Waals surface area contributed by atoms with E-state index in [1.54, 1.807) is 12.1 Å². The average molecular weight is 346 g/mol. The quantitative estimate of drug-likeness (QED) is 0.596. The Labute approximate surface area is 136 Å². The third-order valence-electron chi connectivity index (χ3n) is 3.98. The molecule has 0 unspecified atom stereocenters. The molecule has 0 bridgehead atoms. The minimum Gasteiger partial charge on any atom is -1.00 e. The summed E-state index contributed by atoms with van der Waals surface area (Å²) in [7, 11) is -3.49. The maximum Gasteiger partial charge on any atom is 0.259 e. The molecule has 0 atom stereocenters. The molecule has 0 amide bonds. The van der Waals surface area contributed by atoms with Crippen LogP contribution in [0.4, 0.5) is 0 Å². The van der Waals surface area contributed by atoms with Crippen molar-refractivity contribution in [1.29, 1.82) is 0 Å². The Kier molecular flexibility index (Phi) is 5.31. The van der Waals surface area contributed by atoms with Crippen LogP contribution in [-0.2, 0) is 15.8 Å². The molecule has 2 heterocycles. The van der Waals surface area contributed by atoms with Gasteiger partial charge >= 0.3 is 0 Å². The SMILES string of the molecule is NC1=NS(=O)(=O)Cc2cccc(OCC3CC[NH2+]CC3)c21.[Cl-]. The number of benzene rings is 1. The van der Waals surface area contributed by atoms with Crippen LogP contribution >= 0.6 is 0 Å². The van der Waals surface area contributed by atoms with Gasteiger partial charge in [-0.2, -0.15) is 0 Å². The molecule has 1 aromatic rings. The Hall–Kier alpha value is -1.31. The van der Waals surface area contributed by atoms with E-state index in [-0.39, 0.29) is 24.0 Å². The second-order valence-electron chi connectivity index (χ2n) is 5.61. The second kappa shape index (κ2) is 6.85. The van der Waals surface area contributed by atoms with Crippen LogP contribution in [0, 0.1) is 5.92 Å². The molecule has 6 nitrogen and oxygen atoms in total. The van der Waals surface area contributed by atoms with Crippen LogP contribution in [0.2, 0.25) is 0 Å². The molecule has 0 saturated carbocycles. The molecule has 2 aliphatic heterocycles. The van der Waals surface area contributed by atoms with Crippen LogP contribution < -0.4 is 28.2 Å². The number of rotatable bonds is 3. The first kappa shape index (κ1) is 17.1. The van der Waals surface area contributed by atoms with Gasteiger partial charge < -0.3 is 28.2 Å². The molecule has 1 aromatic carbocycles. The first-order chi connectivity index (χ1) is 10.1. The number of nitrogens with two attached hydrogens (primary N) is 2. The maximum absolute atomic E-state index is 11.6. The first-order valence-electron chi connectivity index (χ1n) is 7.20. The lowest BCUT2D eigenvalue weighted by atomic mass is 9.99. The fraction of sp³-hybridized carbons (Fsp3) is 0.500. The normalized spacial score (nSPS) is 20.5. The molecular formula is C14H20ClN3O3S. The van der Waals surface area contributed by atoms with Crippen LogP contribution in [0.5, 0.6) is 5.75 Å². The van der Waals surface area contributed by atoms with Crippen LogP contribution in [0.15, 0.2) is 22.6 Å². The van der Waals surface area contributed by atoms with Gasteiger partial charge in [-0.25, -0.2) is 8.42 Å². The molecule has 2 aliphatic rings. The molecule has 3 rings (SSSR count). The number of fused-ring (bicyclic) bond motifs is 1. The minimum atomic E-state index is -3.49. The van der Waals surface area contributed by atoms with E-state index >= 15 is 0 Å². The monoisotopic (exact) mass is 345 g/mol. The number of halogens is 1. The largest absolute Gasteiger partial charge is 1.00 e. The van der Waals surface area contributed by atoms with Gasteiger partial charge in [0.05, 0.1) is 31.0 Å². The molecule has 1 fully saturated rings. The highest BCUT2D eigenvalue weighted by Gasteiger charge is 2.25. The molecule has 0 spiro atoms. The third kappa shape index (κ3) is 3.71. The second-order valence-corrected chi connectivity index (χ2v) is 7.25. The van der Waals surface area contributed by atoms with Crippen molar-refractivity contribution in [2.75, 3.05) is 19.7 Å².